The molecule has 14 heavy (non-hydrogen) atoms. The van der Waals surface area contributed by atoms with E-state index in [9.17, 15) is 9.59 Å². The number of carbonyl (C=O) groups excluding carboxylic acids is 1. The van der Waals surface area contributed by atoms with Crippen LogP contribution in [0, 0.1) is 6.92 Å². The first kappa shape index (κ1) is 8.74. The van der Waals surface area contributed by atoms with Crippen LogP contribution in [0.4, 0.5) is 5.69 Å². The molecule has 1 aliphatic rings. The van der Waals surface area contributed by atoms with Crippen LogP contribution >= 0.6 is 0 Å². The van der Waals surface area contributed by atoms with Crippen LogP contribution in [0.5, 0.6) is 0 Å². The lowest BCUT2D eigenvalue weighted by atomic mass is 10.0. The molecule has 2 N–H and O–H groups in total. The summed E-state index contributed by atoms with van der Waals surface area (Å²) in [4.78, 5) is 21.9. The molecule has 0 aliphatic carbocycles. The van der Waals surface area contributed by atoms with Gasteiger partial charge in [0.05, 0.1) is 12.0 Å². The van der Waals surface area contributed by atoms with Gasteiger partial charge in [-0.25, -0.2) is 4.79 Å². The van der Waals surface area contributed by atoms with Crippen LogP contribution in [-0.4, -0.2) is 17.0 Å². The number of carbonyl (C=O) groups is 2. The number of hydrogen-bond acceptors (Lipinski definition) is 2. The van der Waals surface area contributed by atoms with Gasteiger partial charge >= 0.3 is 5.97 Å². The van der Waals surface area contributed by atoms with Gasteiger partial charge in [0.2, 0.25) is 5.91 Å². The van der Waals surface area contributed by atoms with Crippen LogP contribution in [0.1, 0.15) is 21.5 Å². The van der Waals surface area contributed by atoms with E-state index in [1.165, 1.54) is 6.07 Å². The lowest BCUT2D eigenvalue weighted by Crippen LogP contribution is -2.03. The Balaban J connectivity index is 2.59. The van der Waals surface area contributed by atoms with Crippen LogP contribution in [-0.2, 0) is 11.2 Å². The lowest BCUT2D eigenvalue weighted by Gasteiger charge is -2.05. The summed E-state index contributed by atoms with van der Waals surface area (Å²) in [5, 5.41) is 11.5. The zero-order chi connectivity index (χ0) is 10.3. The average molecular weight is 191 g/mol. The standard InChI is InChI=1S/C10H9NO3/c1-5-6(10(13)14)2-3-8-7(5)4-9(12)11-8/h2-3H,4H2,1H3,(H,11,12)(H,13,14). The number of anilines is 1. The van der Waals surface area contributed by atoms with Gasteiger partial charge in [-0.15, -0.1) is 0 Å². The highest BCUT2D eigenvalue weighted by Crippen LogP contribution is 2.28. The Bertz CT molecular complexity index is 437. The van der Waals surface area contributed by atoms with Crippen LogP contribution in [0.3, 0.4) is 0 Å². The van der Waals surface area contributed by atoms with Crippen LogP contribution in [0.2, 0.25) is 0 Å². The van der Waals surface area contributed by atoms with E-state index in [4.69, 9.17) is 5.11 Å². The number of carboxylic acid groups (broad SMARTS) is 1. The monoisotopic (exact) mass is 191 g/mol. The molecule has 1 heterocycles. The second-order valence-corrected chi connectivity index (χ2v) is 3.29. The van der Waals surface area contributed by atoms with Gasteiger partial charge in [0.1, 0.15) is 0 Å². The van der Waals surface area contributed by atoms with Crippen molar-refractivity contribution in [3.63, 3.8) is 0 Å². The molecule has 4 heteroatoms. The fourth-order valence-electron chi connectivity index (χ4n) is 1.69. The maximum Gasteiger partial charge on any atom is 0.335 e. The number of nitrogens with one attached hydrogen (secondary N) is 1. The van der Waals surface area contributed by atoms with Crippen molar-refractivity contribution in [2.75, 3.05) is 5.32 Å². The summed E-state index contributed by atoms with van der Waals surface area (Å²) in [7, 11) is 0. The number of fused-ring (bicyclic) bond motifs is 1. The topological polar surface area (TPSA) is 66.4 Å². The second-order valence-electron chi connectivity index (χ2n) is 3.29. The molecule has 1 aliphatic heterocycles. The smallest absolute Gasteiger partial charge is 0.335 e. The zero-order valence-corrected chi connectivity index (χ0v) is 7.63. The van der Waals surface area contributed by atoms with E-state index in [1.807, 2.05) is 0 Å². The fourth-order valence-corrected chi connectivity index (χ4v) is 1.69. The summed E-state index contributed by atoms with van der Waals surface area (Å²) in [6.07, 6.45) is 0.280. The lowest BCUT2D eigenvalue weighted by molar-refractivity contribution is -0.115. The summed E-state index contributed by atoms with van der Waals surface area (Å²) in [6, 6.07) is 3.15. The highest BCUT2D eigenvalue weighted by molar-refractivity contribution is 6.01. The molecular formula is C10H9NO3. The molecule has 0 saturated carbocycles. The average Bonchev–Trinajstić information content (AvgIpc) is 2.46. The molecule has 2 rings (SSSR count). The number of hydrogen-bond donors (Lipinski definition) is 2. The van der Waals surface area contributed by atoms with Crippen molar-refractivity contribution in [2.45, 2.75) is 13.3 Å². The molecule has 1 amide bonds. The molecule has 0 spiro atoms. The second kappa shape index (κ2) is 2.83. The van der Waals surface area contributed by atoms with Crippen molar-refractivity contribution in [1.82, 2.24) is 0 Å². The number of rotatable bonds is 1. The molecular weight excluding hydrogens is 182 g/mol. The Labute approximate surface area is 80.6 Å². The Kier molecular flexibility index (Phi) is 1.77. The number of benzene rings is 1. The fraction of sp³-hybridized carbons (Fsp3) is 0.200. The highest BCUT2D eigenvalue weighted by atomic mass is 16.4. The zero-order valence-electron chi connectivity index (χ0n) is 7.63. The summed E-state index contributed by atoms with van der Waals surface area (Å²) in [5.74, 6) is -1.03. The van der Waals surface area contributed by atoms with Crippen LogP contribution in [0.15, 0.2) is 12.1 Å². The molecule has 0 saturated heterocycles. The normalized spacial score (nSPS) is 13.6. The van der Waals surface area contributed by atoms with Gasteiger partial charge in [0.15, 0.2) is 0 Å². The van der Waals surface area contributed by atoms with E-state index in [0.717, 1.165) is 11.3 Å². The van der Waals surface area contributed by atoms with Gasteiger partial charge in [0.25, 0.3) is 0 Å². The van der Waals surface area contributed by atoms with Crippen molar-refractivity contribution >= 4 is 17.6 Å². The number of aromatic carboxylic acids is 1. The minimum absolute atomic E-state index is 0.0781. The molecule has 0 fully saturated rings. The molecule has 0 aromatic heterocycles. The summed E-state index contributed by atoms with van der Waals surface area (Å²) < 4.78 is 0. The maximum atomic E-state index is 11.1. The SMILES string of the molecule is Cc1c(C(=O)O)ccc2c1CC(=O)N2. The van der Waals surface area contributed by atoms with Crippen molar-refractivity contribution in [1.29, 1.82) is 0 Å². The number of carboxylic acids is 1. The van der Waals surface area contributed by atoms with E-state index >= 15 is 0 Å². The Morgan fingerprint density at radius 3 is 2.86 bits per heavy atom. The first-order valence-corrected chi connectivity index (χ1v) is 4.25. The van der Waals surface area contributed by atoms with E-state index in [2.05, 4.69) is 5.32 Å². The molecule has 0 atom stereocenters. The van der Waals surface area contributed by atoms with Crippen LogP contribution in [0.25, 0.3) is 0 Å². The van der Waals surface area contributed by atoms with Crippen molar-refractivity contribution in [2.24, 2.45) is 0 Å². The van der Waals surface area contributed by atoms with Gasteiger partial charge in [-0.3, -0.25) is 4.79 Å². The van der Waals surface area contributed by atoms with E-state index in [-0.39, 0.29) is 17.9 Å². The molecule has 4 nitrogen and oxygen atoms in total. The minimum Gasteiger partial charge on any atom is -0.478 e. The highest BCUT2D eigenvalue weighted by Gasteiger charge is 2.22. The van der Waals surface area contributed by atoms with E-state index < -0.39 is 5.97 Å². The van der Waals surface area contributed by atoms with Gasteiger partial charge in [-0.05, 0) is 30.2 Å². The van der Waals surface area contributed by atoms with Crippen molar-refractivity contribution in [3.05, 3.63) is 28.8 Å². The molecule has 1 aromatic rings. The van der Waals surface area contributed by atoms with Crippen molar-refractivity contribution < 1.29 is 14.7 Å². The molecule has 72 valence electrons. The molecule has 0 bridgehead atoms. The predicted molar refractivity (Wildman–Crippen MR) is 50.5 cm³/mol. The van der Waals surface area contributed by atoms with Gasteiger partial charge in [-0.2, -0.15) is 0 Å². The first-order valence-electron chi connectivity index (χ1n) is 4.25. The quantitative estimate of drug-likeness (QED) is 0.700. The summed E-state index contributed by atoms with van der Waals surface area (Å²) in [5.41, 5.74) is 2.47. The number of amides is 1. The van der Waals surface area contributed by atoms with Crippen LogP contribution < -0.4 is 5.32 Å². The van der Waals surface area contributed by atoms with Gasteiger partial charge in [-0.1, -0.05) is 0 Å². The third-order valence-corrected chi connectivity index (χ3v) is 2.44. The Morgan fingerprint density at radius 1 is 1.50 bits per heavy atom. The maximum absolute atomic E-state index is 11.1. The minimum atomic E-state index is -0.954. The van der Waals surface area contributed by atoms with Crippen molar-refractivity contribution in [3.8, 4) is 0 Å². The van der Waals surface area contributed by atoms with E-state index in [1.54, 1.807) is 13.0 Å². The molecule has 0 unspecified atom stereocenters. The summed E-state index contributed by atoms with van der Waals surface area (Å²) in [6.45, 7) is 1.72. The summed E-state index contributed by atoms with van der Waals surface area (Å²) >= 11 is 0. The van der Waals surface area contributed by atoms with Gasteiger partial charge < -0.3 is 10.4 Å². The predicted octanol–water partition coefficient (Wildman–Crippen LogP) is 1.19. The first-order chi connectivity index (χ1) is 6.59. The Morgan fingerprint density at radius 2 is 2.21 bits per heavy atom. The third-order valence-electron chi connectivity index (χ3n) is 2.44. The third kappa shape index (κ3) is 1.16. The largest absolute Gasteiger partial charge is 0.478 e. The molecule has 0 radical (unpaired) electrons. The molecule has 1 aromatic carbocycles. The Hall–Kier alpha value is -1.84. The van der Waals surface area contributed by atoms with Gasteiger partial charge in [0, 0.05) is 5.69 Å². The van der Waals surface area contributed by atoms with E-state index in [0.29, 0.717) is 5.56 Å².